The summed E-state index contributed by atoms with van der Waals surface area (Å²) in [7, 11) is 0. The van der Waals surface area contributed by atoms with Crippen molar-refractivity contribution in [1.29, 1.82) is 0 Å². The number of nitrogens with one attached hydrogen (secondary N) is 1. The van der Waals surface area contributed by atoms with E-state index in [1.54, 1.807) is 6.92 Å². The quantitative estimate of drug-likeness (QED) is 0.674. The number of amides is 1. The molecule has 0 saturated carbocycles. The van der Waals surface area contributed by atoms with E-state index >= 15 is 0 Å². The lowest BCUT2D eigenvalue weighted by molar-refractivity contribution is -0.385. The molecule has 2 aromatic rings. The number of hydrogen-bond donors (Lipinski definition) is 1. The second-order valence-electron chi connectivity index (χ2n) is 4.58. The van der Waals surface area contributed by atoms with Crippen molar-refractivity contribution in [3.8, 4) is 0 Å². The number of hydrogen-bond acceptors (Lipinski definition) is 4. The number of nitrogens with zero attached hydrogens (tertiary/aromatic N) is 2. The van der Waals surface area contributed by atoms with Crippen LogP contribution in [-0.4, -0.2) is 22.4 Å². The molecule has 0 atom stereocenters. The van der Waals surface area contributed by atoms with Crippen LogP contribution in [0, 0.1) is 17.0 Å². The van der Waals surface area contributed by atoms with Gasteiger partial charge in [0.1, 0.15) is 6.20 Å². The summed E-state index contributed by atoms with van der Waals surface area (Å²) >= 11 is 0. The van der Waals surface area contributed by atoms with Crippen LogP contribution in [-0.2, 0) is 6.42 Å². The SMILES string of the molecule is Cc1ncc([N+](=O)[O-])cc1C(=O)NCCc1ccccc1. The van der Waals surface area contributed by atoms with E-state index in [1.165, 1.54) is 6.07 Å². The number of benzene rings is 1. The summed E-state index contributed by atoms with van der Waals surface area (Å²) in [5, 5.41) is 13.5. The van der Waals surface area contributed by atoms with Crippen LogP contribution in [0.2, 0.25) is 0 Å². The summed E-state index contributed by atoms with van der Waals surface area (Å²) < 4.78 is 0. The fourth-order valence-corrected chi connectivity index (χ4v) is 1.91. The lowest BCUT2D eigenvalue weighted by atomic mass is 10.1. The molecule has 0 spiro atoms. The fraction of sp³-hybridized carbons (Fsp3) is 0.200. The Labute approximate surface area is 122 Å². The average molecular weight is 285 g/mol. The van der Waals surface area contributed by atoms with Gasteiger partial charge in [0.15, 0.2) is 0 Å². The molecule has 0 fully saturated rings. The van der Waals surface area contributed by atoms with Crippen LogP contribution in [0.5, 0.6) is 0 Å². The number of pyridine rings is 1. The summed E-state index contributed by atoms with van der Waals surface area (Å²) in [5.74, 6) is -0.348. The lowest BCUT2D eigenvalue weighted by Crippen LogP contribution is -2.26. The molecule has 0 aliphatic heterocycles. The third kappa shape index (κ3) is 3.85. The molecule has 0 unspecified atom stereocenters. The van der Waals surface area contributed by atoms with Crippen LogP contribution in [0.1, 0.15) is 21.6 Å². The monoisotopic (exact) mass is 285 g/mol. The highest BCUT2D eigenvalue weighted by atomic mass is 16.6. The molecule has 1 aromatic carbocycles. The molecular weight excluding hydrogens is 270 g/mol. The standard InChI is InChI=1S/C15H15N3O3/c1-11-14(9-13(10-17-11)18(20)21)15(19)16-8-7-12-5-3-2-4-6-12/h2-6,9-10H,7-8H2,1H3,(H,16,19). The van der Waals surface area contributed by atoms with E-state index in [9.17, 15) is 14.9 Å². The summed E-state index contributed by atoms with van der Waals surface area (Å²) in [6.07, 6.45) is 1.85. The van der Waals surface area contributed by atoms with Gasteiger partial charge in [0, 0.05) is 12.6 Å². The highest BCUT2D eigenvalue weighted by Gasteiger charge is 2.15. The van der Waals surface area contributed by atoms with Crippen LogP contribution in [0.3, 0.4) is 0 Å². The first-order valence-electron chi connectivity index (χ1n) is 6.51. The van der Waals surface area contributed by atoms with E-state index in [-0.39, 0.29) is 17.2 Å². The number of carbonyl (C=O) groups excluding carboxylic acids is 1. The zero-order chi connectivity index (χ0) is 15.2. The number of aromatic nitrogens is 1. The van der Waals surface area contributed by atoms with E-state index < -0.39 is 4.92 Å². The molecule has 1 aromatic heterocycles. The van der Waals surface area contributed by atoms with Crippen molar-refractivity contribution in [2.75, 3.05) is 6.54 Å². The van der Waals surface area contributed by atoms with Gasteiger partial charge in [-0.05, 0) is 18.9 Å². The first-order chi connectivity index (χ1) is 10.1. The van der Waals surface area contributed by atoms with Crippen LogP contribution in [0.15, 0.2) is 42.6 Å². The minimum atomic E-state index is -0.562. The zero-order valence-corrected chi connectivity index (χ0v) is 11.6. The molecule has 1 amide bonds. The fourth-order valence-electron chi connectivity index (χ4n) is 1.91. The van der Waals surface area contributed by atoms with Crippen molar-refractivity contribution in [3.63, 3.8) is 0 Å². The molecule has 108 valence electrons. The molecule has 6 heteroatoms. The van der Waals surface area contributed by atoms with Gasteiger partial charge in [-0.1, -0.05) is 30.3 Å². The van der Waals surface area contributed by atoms with E-state index in [4.69, 9.17) is 0 Å². The third-order valence-electron chi connectivity index (χ3n) is 3.07. The normalized spacial score (nSPS) is 10.1. The molecular formula is C15H15N3O3. The van der Waals surface area contributed by atoms with Gasteiger partial charge in [0.2, 0.25) is 0 Å². The molecule has 1 heterocycles. The van der Waals surface area contributed by atoms with Crippen LogP contribution < -0.4 is 5.32 Å². The Kier molecular flexibility index (Phi) is 4.61. The topological polar surface area (TPSA) is 85.1 Å². The van der Waals surface area contributed by atoms with Crippen molar-refractivity contribution in [2.45, 2.75) is 13.3 Å². The summed E-state index contributed by atoms with van der Waals surface area (Å²) in [4.78, 5) is 26.1. The predicted octanol–water partition coefficient (Wildman–Crippen LogP) is 2.27. The third-order valence-corrected chi connectivity index (χ3v) is 3.07. The lowest BCUT2D eigenvalue weighted by Gasteiger charge is -2.07. The van der Waals surface area contributed by atoms with Crippen LogP contribution in [0.4, 0.5) is 5.69 Å². The second kappa shape index (κ2) is 6.60. The van der Waals surface area contributed by atoms with Gasteiger partial charge in [0.25, 0.3) is 11.6 Å². The Morgan fingerprint density at radius 1 is 1.33 bits per heavy atom. The molecule has 0 bridgehead atoms. The van der Waals surface area contributed by atoms with Gasteiger partial charge in [-0.25, -0.2) is 0 Å². The maximum atomic E-state index is 12.1. The smallest absolute Gasteiger partial charge is 0.288 e. The van der Waals surface area contributed by atoms with Crippen molar-refractivity contribution in [2.24, 2.45) is 0 Å². The van der Waals surface area contributed by atoms with E-state index in [1.807, 2.05) is 30.3 Å². The number of aryl methyl sites for hydroxylation is 1. The van der Waals surface area contributed by atoms with E-state index in [2.05, 4.69) is 10.3 Å². The Hall–Kier alpha value is -2.76. The maximum absolute atomic E-state index is 12.1. The van der Waals surface area contributed by atoms with E-state index in [0.717, 1.165) is 11.8 Å². The molecule has 21 heavy (non-hydrogen) atoms. The average Bonchev–Trinajstić information content (AvgIpc) is 2.48. The molecule has 6 nitrogen and oxygen atoms in total. The van der Waals surface area contributed by atoms with Gasteiger partial charge in [-0.2, -0.15) is 0 Å². The van der Waals surface area contributed by atoms with Crippen molar-refractivity contribution in [3.05, 3.63) is 69.5 Å². The largest absolute Gasteiger partial charge is 0.352 e. The maximum Gasteiger partial charge on any atom is 0.288 e. The van der Waals surface area contributed by atoms with Gasteiger partial charge in [-0.15, -0.1) is 0 Å². The first-order valence-corrected chi connectivity index (χ1v) is 6.51. The van der Waals surface area contributed by atoms with E-state index in [0.29, 0.717) is 18.7 Å². The van der Waals surface area contributed by atoms with Gasteiger partial charge in [0.05, 0.1) is 16.2 Å². The molecule has 0 radical (unpaired) electrons. The minimum absolute atomic E-state index is 0.186. The van der Waals surface area contributed by atoms with Gasteiger partial charge >= 0.3 is 0 Å². The zero-order valence-electron chi connectivity index (χ0n) is 11.6. The highest BCUT2D eigenvalue weighted by molar-refractivity contribution is 5.95. The predicted molar refractivity (Wildman–Crippen MR) is 78.1 cm³/mol. The Morgan fingerprint density at radius 3 is 2.71 bits per heavy atom. The number of carbonyl (C=O) groups is 1. The molecule has 1 N–H and O–H groups in total. The molecule has 0 aliphatic rings. The van der Waals surface area contributed by atoms with Gasteiger partial charge in [-0.3, -0.25) is 19.9 Å². The Morgan fingerprint density at radius 2 is 2.05 bits per heavy atom. The van der Waals surface area contributed by atoms with Crippen LogP contribution in [0.25, 0.3) is 0 Å². The van der Waals surface area contributed by atoms with Crippen molar-refractivity contribution < 1.29 is 9.72 Å². The first kappa shape index (κ1) is 14.6. The number of nitro groups is 1. The molecule has 2 rings (SSSR count). The van der Waals surface area contributed by atoms with Gasteiger partial charge < -0.3 is 5.32 Å². The van der Waals surface area contributed by atoms with Crippen molar-refractivity contribution in [1.82, 2.24) is 10.3 Å². The van der Waals surface area contributed by atoms with Crippen LogP contribution >= 0.6 is 0 Å². The highest BCUT2D eigenvalue weighted by Crippen LogP contribution is 2.14. The summed E-state index contributed by atoms with van der Waals surface area (Å²) in [6.45, 7) is 2.11. The van der Waals surface area contributed by atoms with Crippen molar-refractivity contribution >= 4 is 11.6 Å². The second-order valence-corrected chi connectivity index (χ2v) is 4.58. The summed E-state index contributed by atoms with van der Waals surface area (Å²) in [5.41, 5.74) is 1.63. The number of rotatable bonds is 5. The molecule has 0 aliphatic carbocycles. The summed E-state index contributed by atoms with van der Waals surface area (Å²) in [6, 6.07) is 11.0. The minimum Gasteiger partial charge on any atom is -0.352 e. The molecule has 0 saturated heterocycles. The Bertz CT molecular complexity index is 656. The Balaban J connectivity index is 2.00.